The van der Waals surface area contributed by atoms with E-state index in [0.717, 1.165) is 27.3 Å². The van der Waals surface area contributed by atoms with E-state index in [0.29, 0.717) is 31.6 Å². The molecule has 2 aromatic carbocycles. The van der Waals surface area contributed by atoms with Crippen molar-refractivity contribution >= 4 is 41.1 Å². The number of imide groups is 2. The molecule has 1 unspecified atom stereocenters. The number of fused-ring (bicyclic) bond motifs is 1. The topological polar surface area (TPSA) is 151 Å². The number of nitrogen functional groups attached to an aromatic ring is 1. The zero-order valence-corrected chi connectivity index (χ0v) is 23.5. The molecule has 11 heteroatoms. The SMILES string of the molecule is Cc1cc(COC(=O)N2CCC(Nc3cccc4c3C(=O)N(C3CCC(=O)NC3=O)C4=O)CC2)cc(C(C)C)c1N. The molecule has 3 aliphatic heterocycles. The summed E-state index contributed by atoms with van der Waals surface area (Å²) in [6.07, 6.45) is 1.02. The number of anilines is 2. The Hall–Kier alpha value is -4.41. The number of piperidine rings is 2. The van der Waals surface area contributed by atoms with Crippen LogP contribution < -0.4 is 16.4 Å². The minimum Gasteiger partial charge on any atom is -0.445 e. The predicted molar refractivity (Wildman–Crippen MR) is 151 cm³/mol. The minimum absolute atomic E-state index is 0.0357. The molecule has 2 aromatic rings. The molecule has 3 heterocycles. The highest BCUT2D eigenvalue weighted by Crippen LogP contribution is 2.33. The van der Waals surface area contributed by atoms with Crippen molar-refractivity contribution in [3.63, 3.8) is 0 Å². The fraction of sp³-hybridized carbons (Fsp3) is 0.433. The molecule has 0 bridgehead atoms. The van der Waals surface area contributed by atoms with Gasteiger partial charge in [-0.3, -0.25) is 29.4 Å². The van der Waals surface area contributed by atoms with Gasteiger partial charge in [0.1, 0.15) is 12.6 Å². The molecule has 216 valence electrons. The van der Waals surface area contributed by atoms with Gasteiger partial charge >= 0.3 is 6.09 Å². The molecule has 0 aromatic heterocycles. The van der Waals surface area contributed by atoms with Crippen molar-refractivity contribution in [2.24, 2.45) is 0 Å². The summed E-state index contributed by atoms with van der Waals surface area (Å²) in [5.74, 6) is -1.90. The normalized spacial score (nSPS) is 19.5. The van der Waals surface area contributed by atoms with Crippen LogP contribution in [0.3, 0.4) is 0 Å². The number of hydrogen-bond acceptors (Lipinski definition) is 8. The van der Waals surface area contributed by atoms with Crippen molar-refractivity contribution in [2.75, 3.05) is 24.1 Å². The Morgan fingerprint density at radius 3 is 2.51 bits per heavy atom. The molecule has 41 heavy (non-hydrogen) atoms. The molecule has 0 saturated carbocycles. The van der Waals surface area contributed by atoms with Crippen molar-refractivity contribution in [3.8, 4) is 0 Å². The lowest BCUT2D eigenvalue weighted by Crippen LogP contribution is -2.54. The fourth-order valence-corrected chi connectivity index (χ4v) is 5.76. The number of nitrogens with two attached hydrogens (primary N) is 1. The average Bonchev–Trinajstić information content (AvgIpc) is 3.19. The smallest absolute Gasteiger partial charge is 0.410 e. The lowest BCUT2D eigenvalue weighted by Gasteiger charge is -2.32. The van der Waals surface area contributed by atoms with Crippen LogP contribution in [0.1, 0.15) is 82.9 Å². The van der Waals surface area contributed by atoms with E-state index in [9.17, 15) is 24.0 Å². The molecule has 5 rings (SSSR count). The van der Waals surface area contributed by atoms with E-state index in [-0.39, 0.29) is 48.6 Å². The predicted octanol–water partition coefficient (Wildman–Crippen LogP) is 3.31. The molecule has 3 aliphatic rings. The maximum absolute atomic E-state index is 13.3. The van der Waals surface area contributed by atoms with E-state index in [1.807, 2.05) is 19.1 Å². The molecular weight excluding hydrogens is 526 g/mol. The highest BCUT2D eigenvalue weighted by molar-refractivity contribution is 6.25. The van der Waals surface area contributed by atoms with Gasteiger partial charge in [0.25, 0.3) is 11.8 Å². The van der Waals surface area contributed by atoms with Crippen molar-refractivity contribution in [3.05, 3.63) is 58.1 Å². The average molecular weight is 562 g/mol. The number of carbonyl (C=O) groups is 5. The number of amides is 5. The summed E-state index contributed by atoms with van der Waals surface area (Å²) in [5, 5.41) is 5.58. The summed E-state index contributed by atoms with van der Waals surface area (Å²) in [5.41, 5.74) is 10.8. The first kappa shape index (κ1) is 28.1. The number of carbonyl (C=O) groups excluding carboxylic acids is 5. The Labute approximate surface area is 238 Å². The fourth-order valence-electron chi connectivity index (χ4n) is 5.76. The molecule has 2 fully saturated rings. The van der Waals surface area contributed by atoms with Crippen molar-refractivity contribution in [2.45, 2.75) is 71.1 Å². The van der Waals surface area contributed by atoms with Crippen LogP contribution in [0.5, 0.6) is 0 Å². The van der Waals surface area contributed by atoms with Crippen LogP contribution in [0.2, 0.25) is 0 Å². The lowest BCUT2D eigenvalue weighted by atomic mass is 9.96. The van der Waals surface area contributed by atoms with E-state index >= 15 is 0 Å². The van der Waals surface area contributed by atoms with Crippen LogP contribution in [-0.2, 0) is 20.9 Å². The second-order valence-corrected chi connectivity index (χ2v) is 11.2. The number of ether oxygens (including phenoxy) is 1. The third-order valence-corrected chi connectivity index (χ3v) is 8.04. The number of likely N-dealkylation sites (tertiary alicyclic amines) is 1. The second kappa shape index (κ2) is 11.2. The first-order chi connectivity index (χ1) is 19.5. The summed E-state index contributed by atoms with van der Waals surface area (Å²) in [6, 6.07) is 7.87. The Morgan fingerprint density at radius 1 is 1.10 bits per heavy atom. The van der Waals surface area contributed by atoms with Crippen molar-refractivity contribution < 1.29 is 28.7 Å². The number of hydrogen-bond donors (Lipinski definition) is 3. The van der Waals surface area contributed by atoms with Crippen LogP contribution in [0.25, 0.3) is 0 Å². The highest BCUT2D eigenvalue weighted by atomic mass is 16.6. The first-order valence-corrected chi connectivity index (χ1v) is 14.0. The van der Waals surface area contributed by atoms with Crippen LogP contribution in [0.15, 0.2) is 30.3 Å². The van der Waals surface area contributed by atoms with Crippen LogP contribution >= 0.6 is 0 Å². The molecule has 2 saturated heterocycles. The number of rotatable bonds is 6. The molecule has 11 nitrogen and oxygen atoms in total. The van der Waals surface area contributed by atoms with Gasteiger partial charge in [-0.15, -0.1) is 0 Å². The monoisotopic (exact) mass is 561 g/mol. The summed E-state index contributed by atoms with van der Waals surface area (Å²) in [4.78, 5) is 65.8. The Morgan fingerprint density at radius 2 is 1.83 bits per heavy atom. The molecule has 0 aliphatic carbocycles. The zero-order valence-electron chi connectivity index (χ0n) is 23.5. The van der Waals surface area contributed by atoms with E-state index in [2.05, 4.69) is 24.5 Å². The van der Waals surface area contributed by atoms with Crippen molar-refractivity contribution in [1.82, 2.24) is 15.1 Å². The van der Waals surface area contributed by atoms with Crippen LogP contribution in [-0.4, -0.2) is 64.7 Å². The van der Waals surface area contributed by atoms with Gasteiger partial charge in [-0.25, -0.2) is 4.79 Å². The van der Waals surface area contributed by atoms with Gasteiger partial charge in [0.05, 0.1) is 11.1 Å². The minimum atomic E-state index is -1.02. The Balaban J connectivity index is 1.19. The van der Waals surface area contributed by atoms with Crippen LogP contribution in [0, 0.1) is 6.92 Å². The van der Waals surface area contributed by atoms with Gasteiger partial charge in [0.15, 0.2) is 0 Å². The van der Waals surface area contributed by atoms with Gasteiger partial charge in [0, 0.05) is 36.9 Å². The van der Waals surface area contributed by atoms with Crippen molar-refractivity contribution in [1.29, 1.82) is 0 Å². The van der Waals surface area contributed by atoms with Gasteiger partial charge in [-0.1, -0.05) is 32.0 Å². The molecule has 4 N–H and O–H groups in total. The molecular formula is C30H35N5O6. The quantitative estimate of drug-likeness (QED) is 0.359. The lowest BCUT2D eigenvalue weighted by molar-refractivity contribution is -0.136. The number of benzene rings is 2. The Bertz CT molecular complexity index is 1430. The van der Waals surface area contributed by atoms with Crippen LogP contribution in [0.4, 0.5) is 16.2 Å². The third-order valence-electron chi connectivity index (χ3n) is 8.04. The summed E-state index contributed by atoms with van der Waals surface area (Å²) in [6.45, 7) is 7.20. The zero-order chi connectivity index (χ0) is 29.4. The number of nitrogens with one attached hydrogen (secondary N) is 2. The largest absolute Gasteiger partial charge is 0.445 e. The Kier molecular flexibility index (Phi) is 7.70. The van der Waals surface area contributed by atoms with E-state index in [1.54, 1.807) is 23.1 Å². The highest BCUT2D eigenvalue weighted by Gasteiger charge is 2.45. The molecule has 1 atom stereocenters. The third kappa shape index (κ3) is 5.48. The summed E-state index contributed by atoms with van der Waals surface area (Å²) in [7, 11) is 0. The summed E-state index contributed by atoms with van der Waals surface area (Å²) < 4.78 is 5.61. The maximum atomic E-state index is 13.3. The van der Waals surface area contributed by atoms with Gasteiger partial charge in [-0.2, -0.15) is 0 Å². The maximum Gasteiger partial charge on any atom is 0.410 e. The molecule has 0 radical (unpaired) electrons. The van der Waals surface area contributed by atoms with Gasteiger partial charge in [0.2, 0.25) is 11.8 Å². The summed E-state index contributed by atoms with van der Waals surface area (Å²) >= 11 is 0. The van der Waals surface area contributed by atoms with E-state index in [1.165, 1.54) is 0 Å². The first-order valence-electron chi connectivity index (χ1n) is 14.0. The molecule has 0 spiro atoms. The van der Waals surface area contributed by atoms with Gasteiger partial charge < -0.3 is 20.7 Å². The van der Waals surface area contributed by atoms with E-state index in [4.69, 9.17) is 10.5 Å². The number of nitrogens with zero attached hydrogens (tertiary/aromatic N) is 2. The molecule has 5 amide bonds. The number of aryl methyl sites for hydroxylation is 1. The second-order valence-electron chi connectivity index (χ2n) is 11.2. The van der Waals surface area contributed by atoms with Gasteiger partial charge in [-0.05, 0) is 60.9 Å². The standard InChI is InChI=1S/C30H35N5O6/c1-16(2)21-14-18(13-17(3)26(21)31)15-41-30(40)34-11-9-19(10-12-34)32-22-6-4-5-20-25(22)29(39)35(28(20)38)23-7-8-24(36)33-27(23)37/h4-6,13-14,16,19,23,32H,7-12,15,31H2,1-3H3,(H,33,36,37). The van der Waals surface area contributed by atoms with E-state index < -0.39 is 29.7 Å².